The molecule has 3 aromatic rings. The van der Waals surface area contributed by atoms with Crippen LogP contribution in [-0.2, 0) is 6.54 Å². The van der Waals surface area contributed by atoms with E-state index in [1.165, 1.54) is 11.3 Å². The minimum atomic E-state index is 0.248. The fourth-order valence-electron chi connectivity index (χ4n) is 1.61. The summed E-state index contributed by atoms with van der Waals surface area (Å²) >= 11 is 11.3. The third-order valence-corrected chi connectivity index (χ3v) is 4.57. The predicted molar refractivity (Wildman–Crippen MR) is 75.7 cm³/mol. The lowest BCUT2D eigenvalue weighted by Gasteiger charge is -1.91. The largest absolute Gasteiger partial charge is 0.333 e. The summed E-state index contributed by atoms with van der Waals surface area (Å²) < 4.78 is 7.23. The maximum absolute atomic E-state index is 6.33. The normalized spacial score (nSPS) is 11.3. The number of thiophene rings is 1. The molecule has 7 heteroatoms. The number of fused-ring (bicyclic) bond motifs is 1. The summed E-state index contributed by atoms with van der Waals surface area (Å²) in [4.78, 5) is 4.96. The van der Waals surface area contributed by atoms with Gasteiger partial charge < -0.3 is 10.3 Å². The maximum atomic E-state index is 6.33. The first-order valence-electron chi connectivity index (χ1n) is 5.09. The average Bonchev–Trinajstić information content (AvgIpc) is 2.94. The molecule has 0 spiro atoms. The van der Waals surface area contributed by atoms with Gasteiger partial charge in [-0.3, -0.25) is 0 Å². The lowest BCUT2D eigenvalue weighted by Crippen LogP contribution is -1.97. The summed E-state index contributed by atoms with van der Waals surface area (Å²) in [5.74, 6) is 0.887. The average molecular weight is 345 g/mol. The van der Waals surface area contributed by atoms with E-state index in [-0.39, 0.29) is 6.54 Å². The van der Waals surface area contributed by atoms with E-state index in [0.717, 1.165) is 19.4 Å². The van der Waals surface area contributed by atoms with Crippen LogP contribution in [0.1, 0.15) is 5.82 Å². The van der Waals surface area contributed by atoms with Gasteiger partial charge in [0.15, 0.2) is 5.82 Å². The zero-order valence-corrected chi connectivity index (χ0v) is 12.1. The Hall–Kier alpha value is -0.950. The van der Waals surface area contributed by atoms with Crippen molar-refractivity contribution in [1.29, 1.82) is 0 Å². The van der Waals surface area contributed by atoms with Crippen LogP contribution >= 0.6 is 38.9 Å². The molecule has 4 nitrogen and oxygen atoms in total. The van der Waals surface area contributed by atoms with Crippen molar-refractivity contribution in [1.82, 2.24) is 10.1 Å². The minimum Gasteiger partial charge on any atom is -0.333 e. The summed E-state index contributed by atoms with van der Waals surface area (Å²) in [6, 6.07) is 5.92. The number of hydrogen-bond donors (Lipinski definition) is 1. The van der Waals surface area contributed by atoms with E-state index in [4.69, 9.17) is 21.9 Å². The number of rotatable bonds is 2. The quantitative estimate of drug-likeness (QED) is 0.767. The van der Waals surface area contributed by atoms with Gasteiger partial charge in [0.05, 0.1) is 11.6 Å². The minimum absolute atomic E-state index is 0.248. The number of nitrogens with two attached hydrogens (primary N) is 1. The summed E-state index contributed by atoms with van der Waals surface area (Å²) in [7, 11) is 0. The highest BCUT2D eigenvalue weighted by Gasteiger charge is 2.17. The molecule has 0 aliphatic carbocycles. The van der Waals surface area contributed by atoms with Crippen LogP contribution in [0.25, 0.3) is 20.9 Å². The maximum Gasteiger partial charge on any atom is 0.269 e. The Balaban J connectivity index is 2.20. The number of hydrogen-bond acceptors (Lipinski definition) is 5. The first-order chi connectivity index (χ1) is 8.69. The fourth-order valence-corrected chi connectivity index (χ4v) is 3.59. The van der Waals surface area contributed by atoms with Gasteiger partial charge in [-0.15, -0.1) is 11.3 Å². The molecule has 1 aromatic carbocycles. The van der Waals surface area contributed by atoms with Crippen LogP contribution in [0.2, 0.25) is 5.02 Å². The van der Waals surface area contributed by atoms with Crippen molar-refractivity contribution in [3.63, 3.8) is 0 Å². The number of benzene rings is 1. The Morgan fingerprint density at radius 2 is 2.28 bits per heavy atom. The monoisotopic (exact) mass is 343 g/mol. The zero-order valence-electron chi connectivity index (χ0n) is 8.98. The third kappa shape index (κ3) is 1.95. The fraction of sp³-hybridized carbons (Fsp3) is 0.0909. The van der Waals surface area contributed by atoms with Gasteiger partial charge in [-0.05, 0) is 12.1 Å². The van der Waals surface area contributed by atoms with Gasteiger partial charge >= 0.3 is 0 Å². The molecule has 2 aromatic heterocycles. The molecular formula is C11H7BrClN3OS. The van der Waals surface area contributed by atoms with Crippen molar-refractivity contribution in [2.45, 2.75) is 6.54 Å². The molecule has 92 valence electrons. The van der Waals surface area contributed by atoms with E-state index in [1.807, 2.05) is 18.2 Å². The Kier molecular flexibility index (Phi) is 3.11. The molecule has 0 amide bonds. The van der Waals surface area contributed by atoms with Gasteiger partial charge in [0.2, 0.25) is 0 Å². The van der Waals surface area contributed by atoms with Gasteiger partial charge in [-0.1, -0.05) is 38.8 Å². The van der Waals surface area contributed by atoms with Crippen molar-refractivity contribution < 1.29 is 4.52 Å². The molecule has 0 saturated heterocycles. The Morgan fingerprint density at radius 1 is 1.44 bits per heavy atom. The first-order valence-corrected chi connectivity index (χ1v) is 7.08. The standard InChI is InChI=1S/C11H7BrClN3OS/c12-5-1-2-6-7(3-5)18-10(9(6)13)11-15-8(4-14)16-17-11/h1-3H,4,14H2. The molecule has 0 saturated carbocycles. The molecule has 0 atom stereocenters. The molecule has 2 heterocycles. The molecule has 18 heavy (non-hydrogen) atoms. The summed E-state index contributed by atoms with van der Waals surface area (Å²) in [6.45, 7) is 0.248. The predicted octanol–water partition coefficient (Wildman–Crippen LogP) is 3.83. The highest BCUT2D eigenvalue weighted by Crippen LogP contribution is 2.42. The highest BCUT2D eigenvalue weighted by atomic mass is 79.9. The zero-order chi connectivity index (χ0) is 12.7. The number of aromatic nitrogens is 2. The number of halogens is 2. The van der Waals surface area contributed by atoms with Crippen molar-refractivity contribution in [2.24, 2.45) is 5.73 Å². The van der Waals surface area contributed by atoms with E-state index in [1.54, 1.807) is 0 Å². The second-order valence-corrected chi connectivity index (χ2v) is 5.95. The van der Waals surface area contributed by atoms with Gasteiger partial charge in [-0.25, -0.2) is 0 Å². The van der Waals surface area contributed by atoms with E-state index >= 15 is 0 Å². The van der Waals surface area contributed by atoms with Gasteiger partial charge in [0, 0.05) is 14.6 Å². The molecule has 0 unspecified atom stereocenters. The lowest BCUT2D eigenvalue weighted by atomic mass is 10.2. The van der Waals surface area contributed by atoms with E-state index < -0.39 is 0 Å². The van der Waals surface area contributed by atoms with E-state index in [2.05, 4.69) is 26.1 Å². The second kappa shape index (κ2) is 4.62. The van der Waals surface area contributed by atoms with Crippen LogP contribution in [0.3, 0.4) is 0 Å². The smallest absolute Gasteiger partial charge is 0.269 e. The first kappa shape index (κ1) is 12.1. The van der Waals surface area contributed by atoms with Crippen molar-refractivity contribution in [3.05, 3.63) is 33.5 Å². The summed E-state index contributed by atoms with van der Waals surface area (Å²) in [5, 5.41) is 5.38. The topological polar surface area (TPSA) is 64.9 Å². The lowest BCUT2D eigenvalue weighted by molar-refractivity contribution is 0.423. The molecule has 2 N–H and O–H groups in total. The van der Waals surface area contributed by atoms with Crippen LogP contribution in [0.5, 0.6) is 0 Å². The molecule has 0 aliphatic heterocycles. The Labute approximate surface area is 120 Å². The Morgan fingerprint density at radius 3 is 3.00 bits per heavy atom. The second-order valence-electron chi connectivity index (χ2n) is 3.61. The van der Waals surface area contributed by atoms with Gasteiger partial charge in [0.25, 0.3) is 5.89 Å². The van der Waals surface area contributed by atoms with Crippen molar-refractivity contribution in [3.8, 4) is 10.8 Å². The van der Waals surface area contributed by atoms with Gasteiger partial charge in [-0.2, -0.15) is 4.98 Å². The molecule has 0 radical (unpaired) electrons. The summed E-state index contributed by atoms with van der Waals surface area (Å²) in [6.07, 6.45) is 0. The van der Waals surface area contributed by atoms with E-state index in [0.29, 0.717) is 16.7 Å². The number of nitrogens with zero attached hydrogens (tertiary/aromatic N) is 2. The third-order valence-electron chi connectivity index (χ3n) is 2.44. The van der Waals surface area contributed by atoms with Crippen LogP contribution < -0.4 is 5.73 Å². The summed E-state index contributed by atoms with van der Waals surface area (Å²) in [5.41, 5.74) is 5.45. The van der Waals surface area contributed by atoms with E-state index in [9.17, 15) is 0 Å². The molecule has 0 aliphatic rings. The van der Waals surface area contributed by atoms with Crippen LogP contribution in [0, 0.1) is 0 Å². The molecule has 0 bridgehead atoms. The molecule has 3 rings (SSSR count). The Bertz CT molecular complexity index is 724. The van der Waals surface area contributed by atoms with Crippen LogP contribution in [-0.4, -0.2) is 10.1 Å². The van der Waals surface area contributed by atoms with Crippen LogP contribution in [0.15, 0.2) is 27.2 Å². The van der Waals surface area contributed by atoms with Crippen LogP contribution in [0.4, 0.5) is 0 Å². The molecule has 0 fully saturated rings. The highest BCUT2D eigenvalue weighted by molar-refractivity contribution is 9.10. The van der Waals surface area contributed by atoms with Crippen molar-refractivity contribution >= 4 is 49.0 Å². The molecular weight excluding hydrogens is 338 g/mol. The SMILES string of the molecule is NCc1noc(-c2sc3cc(Br)ccc3c2Cl)n1. The van der Waals surface area contributed by atoms with Crippen molar-refractivity contribution in [2.75, 3.05) is 0 Å². The van der Waals surface area contributed by atoms with Gasteiger partial charge in [0.1, 0.15) is 4.88 Å².